The van der Waals surface area contributed by atoms with Gasteiger partial charge in [-0.2, -0.15) is 0 Å². The minimum atomic E-state index is -1.97. The van der Waals surface area contributed by atoms with E-state index in [0.29, 0.717) is 0 Å². The van der Waals surface area contributed by atoms with Crippen molar-refractivity contribution in [1.82, 2.24) is 4.72 Å². The van der Waals surface area contributed by atoms with Crippen molar-refractivity contribution in [2.75, 3.05) is 6.26 Å². The molecule has 0 aromatic heterocycles. The fourth-order valence-electron chi connectivity index (χ4n) is 0.499. The lowest BCUT2D eigenvalue weighted by molar-refractivity contribution is 0.658. The standard InChI is InChI=1S/C5H13NOS/c1-5(2)6-8(3,4)7/h5H,3H2,1-2,4H3,(H,6,7). The van der Waals surface area contributed by atoms with E-state index in [1.807, 2.05) is 13.8 Å². The smallest absolute Gasteiger partial charge is 0.0222 e. The van der Waals surface area contributed by atoms with Crippen LogP contribution in [-0.4, -0.2) is 22.4 Å². The van der Waals surface area contributed by atoms with Crippen molar-refractivity contribution in [3.8, 4) is 0 Å². The number of hydrogen-bond donors (Lipinski definition) is 1. The van der Waals surface area contributed by atoms with E-state index in [4.69, 9.17) is 0 Å². The molecule has 0 aliphatic carbocycles. The summed E-state index contributed by atoms with van der Waals surface area (Å²) in [5, 5.41) is 0. The van der Waals surface area contributed by atoms with Gasteiger partial charge in [-0.3, -0.25) is 4.21 Å². The highest BCUT2D eigenvalue weighted by Crippen LogP contribution is 1.80. The highest BCUT2D eigenvalue weighted by atomic mass is 32.2. The predicted molar refractivity (Wildman–Crippen MR) is 39.5 cm³/mol. The van der Waals surface area contributed by atoms with Gasteiger partial charge in [0.15, 0.2) is 0 Å². The van der Waals surface area contributed by atoms with E-state index in [1.165, 1.54) is 0 Å². The highest BCUT2D eigenvalue weighted by molar-refractivity contribution is 7.97. The molecule has 0 aliphatic rings. The topological polar surface area (TPSA) is 29.1 Å². The van der Waals surface area contributed by atoms with Gasteiger partial charge in [0.1, 0.15) is 0 Å². The van der Waals surface area contributed by atoms with Crippen LogP contribution in [0.15, 0.2) is 0 Å². The van der Waals surface area contributed by atoms with E-state index < -0.39 is 9.71 Å². The SMILES string of the molecule is C=S(C)(=O)NC(C)C. The summed E-state index contributed by atoms with van der Waals surface area (Å²) in [6, 6.07) is 0.255. The molecule has 3 heteroatoms. The van der Waals surface area contributed by atoms with Crippen LogP contribution in [0, 0.1) is 0 Å². The third-order valence-electron chi connectivity index (χ3n) is 0.485. The molecule has 1 unspecified atom stereocenters. The van der Waals surface area contributed by atoms with Gasteiger partial charge in [-0.25, -0.2) is 4.72 Å². The highest BCUT2D eigenvalue weighted by Gasteiger charge is 1.94. The minimum absolute atomic E-state index is 0.255. The first-order valence-electron chi connectivity index (χ1n) is 2.51. The molecule has 0 bridgehead atoms. The summed E-state index contributed by atoms with van der Waals surface area (Å²) in [6.07, 6.45) is 1.59. The molecule has 0 aromatic carbocycles. The van der Waals surface area contributed by atoms with Crippen molar-refractivity contribution < 1.29 is 4.21 Å². The zero-order valence-electron chi connectivity index (χ0n) is 5.60. The van der Waals surface area contributed by atoms with Crippen molar-refractivity contribution in [1.29, 1.82) is 0 Å². The van der Waals surface area contributed by atoms with Crippen molar-refractivity contribution in [2.45, 2.75) is 19.9 Å². The Morgan fingerprint density at radius 3 is 2.00 bits per heavy atom. The fraction of sp³-hybridized carbons (Fsp3) is 0.800. The molecule has 8 heavy (non-hydrogen) atoms. The van der Waals surface area contributed by atoms with E-state index in [-0.39, 0.29) is 6.04 Å². The van der Waals surface area contributed by atoms with E-state index in [0.717, 1.165) is 0 Å². The van der Waals surface area contributed by atoms with Crippen molar-refractivity contribution >= 4 is 15.6 Å². The van der Waals surface area contributed by atoms with Gasteiger partial charge in [-0.15, -0.1) is 0 Å². The molecule has 1 atom stereocenters. The van der Waals surface area contributed by atoms with Crippen LogP contribution in [0.2, 0.25) is 0 Å². The Hall–Kier alpha value is -0.0200. The number of hydrogen-bond acceptors (Lipinski definition) is 1. The summed E-state index contributed by atoms with van der Waals surface area (Å²) in [4.78, 5) is 0. The van der Waals surface area contributed by atoms with Gasteiger partial charge in [0.25, 0.3) is 0 Å². The van der Waals surface area contributed by atoms with Crippen LogP contribution in [0.4, 0.5) is 0 Å². The quantitative estimate of drug-likeness (QED) is 0.540. The minimum Gasteiger partial charge on any atom is -0.253 e. The van der Waals surface area contributed by atoms with Gasteiger partial charge in [0, 0.05) is 22.0 Å². The molecule has 0 aliphatic heterocycles. The monoisotopic (exact) mass is 135 g/mol. The first-order chi connectivity index (χ1) is 3.42. The summed E-state index contributed by atoms with van der Waals surface area (Å²) in [6.45, 7) is 3.88. The molecule has 0 saturated heterocycles. The first kappa shape index (κ1) is 7.98. The maximum absolute atomic E-state index is 10.8. The molecule has 0 saturated carbocycles. The molecular formula is C5H13NOS. The third kappa shape index (κ3) is 5.98. The molecular weight excluding hydrogens is 122 g/mol. The molecule has 1 N–H and O–H groups in total. The Bertz CT molecular complexity index is 146. The van der Waals surface area contributed by atoms with E-state index in [1.54, 1.807) is 6.26 Å². The molecule has 0 spiro atoms. The average Bonchev–Trinajstić information content (AvgIpc) is 1.21. The van der Waals surface area contributed by atoms with Crippen LogP contribution >= 0.6 is 0 Å². The second-order valence-corrected chi connectivity index (χ2v) is 4.52. The van der Waals surface area contributed by atoms with Gasteiger partial charge >= 0.3 is 0 Å². The largest absolute Gasteiger partial charge is 0.253 e. The maximum atomic E-state index is 10.8. The van der Waals surface area contributed by atoms with Crippen molar-refractivity contribution in [3.05, 3.63) is 0 Å². The molecule has 0 heterocycles. The Balaban J connectivity index is 3.75. The Kier molecular flexibility index (Phi) is 2.50. The zero-order chi connectivity index (χ0) is 6.78. The van der Waals surface area contributed by atoms with Crippen LogP contribution in [0.1, 0.15) is 13.8 Å². The summed E-state index contributed by atoms with van der Waals surface area (Å²) < 4.78 is 13.6. The number of rotatable bonds is 2. The molecule has 2 nitrogen and oxygen atoms in total. The lowest BCUT2D eigenvalue weighted by atomic mass is 10.4. The molecule has 0 radical (unpaired) electrons. The van der Waals surface area contributed by atoms with Crippen LogP contribution in [0.25, 0.3) is 0 Å². The number of nitrogens with one attached hydrogen (secondary N) is 1. The van der Waals surface area contributed by atoms with Gasteiger partial charge in [-0.1, -0.05) is 0 Å². The maximum Gasteiger partial charge on any atom is 0.0222 e. The van der Waals surface area contributed by atoms with E-state index >= 15 is 0 Å². The lowest BCUT2D eigenvalue weighted by Crippen LogP contribution is -2.28. The Morgan fingerprint density at radius 1 is 1.62 bits per heavy atom. The molecule has 0 aromatic rings. The lowest BCUT2D eigenvalue weighted by Gasteiger charge is -2.07. The first-order valence-corrected chi connectivity index (χ1v) is 4.65. The Labute approximate surface area is 51.4 Å². The second kappa shape index (κ2) is 2.51. The van der Waals surface area contributed by atoms with Gasteiger partial charge < -0.3 is 0 Å². The molecule has 0 amide bonds. The predicted octanol–water partition coefficient (Wildman–Crippen LogP) is 0.246. The summed E-state index contributed by atoms with van der Waals surface area (Å²) in [5.74, 6) is 3.43. The normalized spacial score (nSPS) is 18.5. The van der Waals surface area contributed by atoms with Crippen LogP contribution in [0.3, 0.4) is 0 Å². The van der Waals surface area contributed by atoms with Crippen molar-refractivity contribution in [3.63, 3.8) is 0 Å². The van der Waals surface area contributed by atoms with Crippen molar-refractivity contribution in [2.24, 2.45) is 0 Å². The second-order valence-electron chi connectivity index (χ2n) is 2.28. The van der Waals surface area contributed by atoms with E-state index in [2.05, 4.69) is 10.6 Å². The fourth-order valence-corrected chi connectivity index (χ4v) is 1.50. The van der Waals surface area contributed by atoms with Crippen LogP contribution in [0.5, 0.6) is 0 Å². The molecule has 0 fully saturated rings. The van der Waals surface area contributed by atoms with Crippen LogP contribution < -0.4 is 4.72 Å². The van der Waals surface area contributed by atoms with Gasteiger partial charge in [0.2, 0.25) is 0 Å². The molecule has 0 rings (SSSR count). The average molecular weight is 135 g/mol. The summed E-state index contributed by atoms with van der Waals surface area (Å²) >= 11 is 0. The van der Waals surface area contributed by atoms with E-state index in [9.17, 15) is 4.21 Å². The summed E-state index contributed by atoms with van der Waals surface area (Å²) in [7, 11) is -1.97. The van der Waals surface area contributed by atoms with Gasteiger partial charge in [-0.05, 0) is 19.7 Å². The summed E-state index contributed by atoms with van der Waals surface area (Å²) in [5.41, 5.74) is 0. The zero-order valence-corrected chi connectivity index (χ0v) is 6.42. The van der Waals surface area contributed by atoms with Crippen LogP contribution in [-0.2, 0) is 9.71 Å². The Morgan fingerprint density at radius 2 is 2.00 bits per heavy atom. The van der Waals surface area contributed by atoms with Gasteiger partial charge in [0.05, 0.1) is 0 Å². The molecule has 50 valence electrons. The third-order valence-corrected chi connectivity index (χ3v) is 1.45.